The molecule has 2 aromatic rings. The molecule has 0 fully saturated rings. The second-order valence-corrected chi connectivity index (χ2v) is 6.28. The summed E-state index contributed by atoms with van der Waals surface area (Å²) in [6.07, 6.45) is 1.57. The normalized spacial score (nSPS) is 16.3. The van der Waals surface area contributed by atoms with Crippen molar-refractivity contribution in [2.24, 2.45) is 4.99 Å². The van der Waals surface area contributed by atoms with Crippen molar-refractivity contribution in [2.45, 2.75) is 5.92 Å². The van der Waals surface area contributed by atoms with Crippen molar-refractivity contribution >= 4 is 17.9 Å². The first-order chi connectivity index (χ1) is 12.0. The third-order valence-corrected chi connectivity index (χ3v) is 4.02. The SMILES string of the molecule is CN(C)C=NC1=C(C#N)C(c2ccc(Cl)cc2)c2ccc(O)cc2O1. The van der Waals surface area contributed by atoms with E-state index in [0.717, 1.165) is 11.1 Å². The van der Waals surface area contributed by atoms with Crippen LogP contribution < -0.4 is 4.74 Å². The van der Waals surface area contributed by atoms with Crippen molar-refractivity contribution in [2.75, 3.05) is 14.1 Å². The Kier molecular flexibility index (Phi) is 4.64. The van der Waals surface area contributed by atoms with Gasteiger partial charge in [-0.25, -0.2) is 4.99 Å². The molecule has 2 aromatic carbocycles. The molecule has 1 aliphatic heterocycles. The monoisotopic (exact) mass is 353 g/mol. The summed E-state index contributed by atoms with van der Waals surface area (Å²) < 4.78 is 5.79. The Morgan fingerprint density at radius 1 is 1.24 bits per heavy atom. The van der Waals surface area contributed by atoms with Gasteiger partial charge in [0.15, 0.2) is 0 Å². The molecule has 1 atom stereocenters. The molecule has 0 aliphatic carbocycles. The molecule has 1 N–H and O–H groups in total. The fourth-order valence-corrected chi connectivity index (χ4v) is 2.79. The number of hydrogen-bond acceptors (Lipinski definition) is 4. The topological polar surface area (TPSA) is 68.9 Å². The summed E-state index contributed by atoms with van der Waals surface area (Å²) >= 11 is 5.99. The van der Waals surface area contributed by atoms with Gasteiger partial charge in [0.2, 0.25) is 5.88 Å². The van der Waals surface area contributed by atoms with E-state index in [1.54, 1.807) is 35.5 Å². The summed E-state index contributed by atoms with van der Waals surface area (Å²) in [5.41, 5.74) is 2.09. The summed E-state index contributed by atoms with van der Waals surface area (Å²) in [4.78, 5) is 6.04. The van der Waals surface area contributed by atoms with Crippen molar-refractivity contribution in [1.82, 2.24) is 4.90 Å². The highest BCUT2D eigenvalue weighted by molar-refractivity contribution is 6.30. The van der Waals surface area contributed by atoms with Crippen LogP contribution in [0.1, 0.15) is 17.0 Å². The molecule has 0 spiro atoms. The van der Waals surface area contributed by atoms with Crippen molar-refractivity contribution in [3.05, 3.63) is 70.1 Å². The number of nitriles is 1. The zero-order valence-electron chi connectivity index (χ0n) is 13.8. The number of benzene rings is 2. The molecular formula is C19H16ClN3O2. The van der Waals surface area contributed by atoms with Gasteiger partial charge in [-0.3, -0.25) is 0 Å². The second-order valence-electron chi connectivity index (χ2n) is 5.85. The van der Waals surface area contributed by atoms with Gasteiger partial charge in [-0.05, 0) is 23.8 Å². The number of phenolic OH excluding ortho intramolecular Hbond substituents is 1. The first-order valence-electron chi connectivity index (χ1n) is 7.60. The molecular weight excluding hydrogens is 338 g/mol. The predicted molar refractivity (Wildman–Crippen MR) is 96.8 cm³/mol. The lowest BCUT2D eigenvalue weighted by Gasteiger charge is -2.26. The van der Waals surface area contributed by atoms with Crippen molar-refractivity contribution < 1.29 is 9.84 Å². The molecule has 126 valence electrons. The van der Waals surface area contributed by atoms with E-state index in [1.165, 1.54) is 6.07 Å². The molecule has 3 rings (SSSR count). The maximum atomic E-state index is 9.78. The Labute approximate surface area is 151 Å². The number of ether oxygens (including phenoxy) is 1. The van der Waals surface area contributed by atoms with E-state index in [-0.39, 0.29) is 17.6 Å². The molecule has 25 heavy (non-hydrogen) atoms. The van der Waals surface area contributed by atoms with Crippen LogP contribution in [0.25, 0.3) is 0 Å². The van der Waals surface area contributed by atoms with Crippen molar-refractivity contribution in [3.63, 3.8) is 0 Å². The minimum absolute atomic E-state index is 0.0879. The van der Waals surface area contributed by atoms with E-state index in [2.05, 4.69) is 11.1 Å². The highest BCUT2D eigenvalue weighted by Gasteiger charge is 2.31. The molecule has 0 aromatic heterocycles. The zero-order chi connectivity index (χ0) is 18.0. The summed E-state index contributed by atoms with van der Waals surface area (Å²) in [6.45, 7) is 0. The molecule has 0 amide bonds. The average Bonchev–Trinajstić information content (AvgIpc) is 2.59. The van der Waals surface area contributed by atoms with Crippen LogP contribution in [0.15, 0.2) is 58.9 Å². The van der Waals surface area contributed by atoms with E-state index in [4.69, 9.17) is 16.3 Å². The maximum absolute atomic E-state index is 9.78. The average molecular weight is 354 g/mol. The molecule has 1 aliphatic rings. The Bertz CT molecular complexity index is 896. The Morgan fingerprint density at radius 3 is 2.60 bits per heavy atom. The predicted octanol–water partition coefficient (Wildman–Crippen LogP) is 3.89. The number of phenols is 1. The number of rotatable bonds is 3. The van der Waals surface area contributed by atoms with Crippen LogP contribution in [-0.2, 0) is 0 Å². The highest BCUT2D eigenvalue weighted by atomic mass is 35.5. The number of aliphatic imine (C=N–C) groups is 1. The van der Waals surface area contributed by atoms with Crippen LogP contribution in [0, 0.1) is 11.3 Å². The lowest BCUT2D eigenvalue weighted by molar-refractivity contribution is 0.388. The highest BCUT2D eigenvalue weighted by Crippen LogP contribution is 2.44. The number of hydrogen-bond donors (Lipinski definition) is 1. The Hall–Kier alpha value is -2.97. The number of halogens is 1. The Balaban J connectivity index is 2.20. The van der Waals surface area contributed by atoms with Crippen LogP contribution >= 0.6 is 11.6 Å². The molecule has 0 saturated heterocycles. The van der Waals surface area contributed by atoms with Crippen LogP contribution in [0.4, 0.5) is 0 Å². The van der Waals surface area contributed by atoms with Gasteiger partial charge in [0.25, 0.3) is 0 Å². The van der Waals surface area contributed by atoms with Crippen LogP contribution in [-0.4, -0.2) is 30.4 Å². The molecule has 1 heterocycles. The molecule has 0 bridgehead atoms. The number of nitrogens with zero attached hydrogens (tertiary/aromatic N) is 3. The quantitative estimate of drug-likeness (QED) is 0.671. The van der Waals surface area contributed by atoms with Gasteiger partial charge in [0.1, 0.15) is 23.1 Å². The van der Waals surface area contributed by atoms with E-state index in [9.17, 15) is 10.4 Å². The number of aromatic hydroxyl groups is 1. The van der Waals surface area contributed by atoms with Crippen molar-refractivity contribution in [1.29, 1.82) is 5.26 Å². The molecule has 1 unspecified atom stereocenters. The van der Waals surface area contributed by atoms with Gasteiger partial charge in [0.05, 0.1) is 12.3 Å². The van der Waals surface area contributed by atoms with Crippen LogP contribution in [0.2, 0.25) is 5.02 Å². The molecule has 5 nitrogen and oxygen atoms in total. The molecule has 0 radical (unpaired) electrons. The summed E-state index contributed by atoms with van der Waals surface area (Å²) in [6, 6.07) is 14.4. The smallest absolute Gasteiger partial charge is 0.235 e. The van der Waals surface area contributed by atoms with Gasteiger partial charge in [-0.2, -0.15) is 5.26 Å². The summed E-state index contributed by atoms with van der Waals surface area (Å²) in [5.74, 6) is 0.435. The van der Waals surface area contributed by atoms with E-state index >= 15 is 0 Å². The fourth-order valence-electron chi connectivity index (χ4n) is 2.67. The lowest BCUT2D eigenvalue weighted by Crippen LogP contribution is -2.17. The van der Waals surface area contributed by atoms with Crippen LogP contribution in [0.3, 0.4) is 0 Å². The minimum atomic E-state index is -0.346. The fraction of sp³-hybridized carbons (Fsp3) is 0.158. The van der Waals surface area contributed by atoms with Gasteiger partial charge in [-0.15, -0.1) is 0 Å². The third-order valence-electron chi connectivity index (χ3n) is 3.76. The van der Waals surface area contributed by atoms with Gasteiger partial charge >= 0.3 is 0 Å². The van der Waals surface area contributed by atoms with E-state index in [1.807, 2.05) is 26.2 Å². The van der Waals surface area contributed by atoms with Crippen molar-refractivity contribution in [3.8, 4) is 17.6 Å². The molecule has 6 heteroatoms. The number of allylic oxidation sites excluding steroid dienone is 1. The summed E-state index contributed by atoms with van der Waals surface area (Å²) in [7, 11) is 3.66. The zero-order valence-corrected chi connectivity index (χ0v) is 14.5. The van der Waals surface area contributed by atoms with Gasteiger partial charge < -0.3 is 14.7 Å². The minimum Gasteiger partial charge on any atom is -0.508 e. The molecule has 0 saturated carbocycles. The number of fused-ring (bicyclic) bond motifs is 1. The summed E-state index contributed by atoms with van der Waals surface area (Å²) in [5, 5.41) is 20.1. The van der Waals surface area contributed by atoms with Gasteiger partial charge in [0, 0.05) is 30.7 Å². The lowest BCUT2D eigenvalue weighted by atomic mass is 9.83. The third kappa shape index (κ3) is 3.44. The Morgan fingerprint density at radius 2 is 1.96 bits per heavy atom. The largest absolute Gasteiger partial charge is 0.508 e. The first-order valence-corrected chi connectivity index (χ1v) is 7.98. The van der Waals surface area contributed by atoms with E-state index < -0.39 is 0 Å². The van der Waals surface area contributed by atoms with E-state index in [0.29, 0.717) is 16.3 Å². The first kappa shape index (κ1) is 16.9. The van der Waals surface area contributed by atoms with Crippen LogP contribution in [0.5, 0.6) is 11.5 Å². The standard InChI is InChI=1S/C19H16ClN3O2/c1-23(2)11-22-19-16(10-21)18(12-3-5-13(20)6-4-12)15-8-7-14(24)9-17(15)25-19/h3-9,11,18,24H,1-2H3. The second kappa shape index (κ2) is 6.88. The maximum Gasteiger partial charge on any atom is 0.235 e. The van der Waals surface area contributed by atoms with Gasteiger partial charge in [-0.1, -0.05) is 29.8 Å².